The maximum Gasteiger partial charge on any atom is 0.0412 e. The van der Waals surface area contributed by atoms with Crippen LogP contribution in [0.3, 0.4) is 0 Å². The average Bonchev–Trinajstić information content (AvgIpc) is 2.65. The predicted molar refractivity (Wildman–Crippen MR) is 76.4 cm³/mol. The van der Waals surface area contributed by atoms with Crippen LogP contribution in [-0.4, -0.2) is 0 Å². The van der Waals surface area contributed by atoms with Crippen LogP contribution in [0.15, 0.2) is 53.0 Å². The van der Waals surface area contributed by atoms with Crippen molar-refractivity contribution in [1.82, 2.24) is 0 Å². The Labute approximate surface area is 110 Å². The summed E-state index contributed by atoms with van der Waals surface area (Å²) < 4.78 is 1.25. The summed E-state index contributed by atoms with van der Waals surface area (Å²) in [6, 6.07) is 17.3. The predicted octanol–water partition coefficient (Wildman–Crippen LogP) is 4.88. The molecule has 1 atom stereocenters. The second-order valence-corrected chi connectivity index (χ2v) is 5.42. The Morgan fingerprint density at radius 3 is 2.53 bits per heavy atom. The number of benzene rings is 2. The molecule has 0 heterocycles. The molecule has 0 spiro atoms. The molecule has 0 aromatic heterocycles. The smallest absolute Gasteiger partial charge is 0.0412 e. The Kier molecular flexibility index (Phi) is 2.64. The molecule has 0 saturated carbocycles. The van der Waals surface area contributed by atoms with E-state index in [1.165, 1.54) is 26.7 Å². The van der Waals surface area contributed by atoms with Crippen molar-refractivity contribution in [3.05, 3.63) is 75.3 Å². The molecular formula is C16H13Br. The topological polar surface area (TPSA) is 0 Å². The van der Waals surface area contributed by atoms with Gasteiger partial charge in [-0.1, -0.05) is 70.0 Å². The quantitative estimate of drug-likeness (QED) is 0.700. The number of hydrogen-bond donors (Lipinski definition) is 0. The molecule has 84 valence electrons. The van der Waals surface area contributed by atoms with Crippen molar-refractivity contribution in [1.29, 1.82) is 0 Å². The Hall–Kier alpha value is -1.34. The molecular weight excluding hydrogens is 272 g/mol. The van der Waals surface area contributed by atoms with Gasteiger partial charge >= 0.3 is 0 Å². The third-order valence-corrected chi connectivity index (χ3v) is 3.94. The third kappa shape index (κ3) is 1.85. The molecule has 0 nitrogen and oxygen atoms in total. The molecule has 0 aliphatic heterocycles. The molecule has 0 N–H and O–H groups in total. The Morgan fingerprint density at radius 2 is 1.76 bits per heavy atom. The Balaban J connectivity index is 2.13. The van der Waals surface area contributed by atoms with Crippen LogP contribution in [0.1, 0.15) is 28.2 Å². The highest BCUT2D eigenvalue weighted by Gasteiger charge is 2.24. The monoisotopic (exact) mass is 284 g/mol. The first-order valence-corrected chi connectivity index (χ1v) is 6.57. The van der Waals surface area contributed by atoms with Gasteiger partial charge in [-0.2, -0.15) is 0 Å². The number of aryl methyl sites for hydroxylation is 1. The molecule has 1 unspecified atom stereocenters. The maximum absolute atomic E-state index is 3.71. The summed E-state index contributed by atoms with van der Waals surface area (Å²) in [6.45, 7) is 2.14. The molecule has 17 heavy (non-hydrogen) atoms. The fourth-order valence-corrected chi connectivity index (χ4v) is 3.20. The lowest BCUT2D eigenvalue weighted by atomic mass is 9.92. The van der Waals surface area contributed by atoms with Gasteiger partial charge in [0.2, 0.25) is 0 Å². The van der Waals surface area contributed by atoms with Gasteiger partial charge in [-0.15, -0.1) is 0 Å². The molecule has 0 bridgehead atoms. The van der Waals surface area contributed by atoms with Crippen molar-refractivity contribution in [2.24, 2.45) is 0 Å². The van der Waals surface area contributed by atoms with Crippen molar-refractivity contribution >= 4 is 22.0 Å². The lowest BCUT2D eigenvalue weighted by Crippen LogP contribution is -1.97. The van der Waals surface area contributed by atoms with Gasteiger partial charge in [-0.3, -0.25) is 0 Å². The molecule has 0 amide bonds. The average molecular weight is 285 g/mol. The van der Waals surface area contributed by atoms with E-state index in [1.54, 1.807) is 0 Å². The highest BCUT2D eigenvalue weighted by molar-refractivity contribution is 9.11. The number of hydrogen-bond acceptors (Lipinski definition) is 0. The van der Waals surface area contributed by atoms with Crippen LogP contribution in [0.25, 0.3) is 6.08 Å². The largest absolute Gasteiger partial charge is 0.0622 e. The van der Waals surface area contributed by atoms with E-state index in [0.29, 0.717) is 5.92 Å². The van der Waals surface area contributed by atoms with E-state index in [2.05, 4.69) is 77.5 Å². The lowest BCUT2D eigenvalue weighted by Gasteiger charge is -2.14. The highest BCUT2D eigenvalue weighted by atomic mass is 79.9. The fraction of sp³-hybridized carbons (Fsp3) is 0.125. The summed E-state index contributed by atoms with van der Waals surface area (Å²) in [6.07, 6.45) is 2.24. The summed E-state index contributed by atoms with van der Waals surface area (Å²) in [5, 5.41) is 0. The van der Waals surface area contributed by atoms with E-state index in [4.69, 9.17) is 0 Å². The highest BCUT2D eigenvalue weighted by Crippen LogP contribution is 2.43. The zero-order chi connectivity index (χ0) is 11.8. The molecule has 1 heteroatoms. The van der Waals surface area contributed by atoms with Crippen LogP contribution < -0.4 is 0 Å². The molecule has 0 fully saturated rings. The number of halogens is 1. The minimum atomic E-state index is 0.367. The van der Waals surface area contributed by atoms with Crippen molar-refractivity contribution in [3.8, 4) is 0 Å². The molecule has 0 radical (unpaired) electrons. The van der Waals surface area contributed by atoms with E-state index in [9.17, 15) is 0 Å². The van der Waals surface area contributed by atoms with Crippen LogP contribution in [0, 0.1) is 6.92 Å². The van der Waals surface area contributed by atoms with Gasteiger partial charge in [0.1, 0.15) is 0 Å². The molecule has 0 saturated heterocycles. The normalized spacial score (nSPS) is 17.8. The first kappa shape index (κ1) is 10.8. The van der Waals surface area contributed by atoms with Crippen LogP contribution in [0.4, 0.5) is 0 Å². The van der Waals surface area contributed by atoms with E-state index in [-0.39, 0.29) is 0 Å². The van der Waals surface area contributed by atoms with E-state index >= 15 is 0 Å². The third-order valence-electron chi connectivity index (χ3n) is 3.26. The van der Waals surface area contributed by atoms with Gasteiger partial charge in [0, 0.05) is 10.4 Å². The van der Waals surface area contributed by atoms with Gasteiger partial charge in [0.15, 0.2) is 0 Å². The summed E-state index contributed by atoms with van der Waals surface area (Å²) in [5.74, 6) is 0.367. The standard InChI is InChI=1S/C16H13Br/c1-11-7-8-14-13(9-11)10-15(17)16(14)12-5-3-2-4-6-12/h2-10,16H,1H3. The minimum Gasteiger partial charge on any atom is -0.0622 e. The van der Waals surface area contributed by atoms with Gasteiger partial charge in [0.25, 0.3) is 0 Å². The minimum absolute atomic E-state index is 0.367. The molecule has 1 aliphatic rings. The zero-order valence-electron chi connectivity index (χ0n) is 9.65. The Bertz CT molecular complexity index is 582. The number of allylic oxidation sites excluding steroid dienone is 1. The molecule has 2 aromatic rings. The van der Waals surface area contributed by atoms with Crippen LogP contribution in [-0.2, 0) is 0 Å². The van der Waals surface area contributed by atoms with Gasteiger partial charge < -0.3 is 0 Å². The van der Waals surface area contributed by atoms with Crippen LogP contribution >= 0.6 is 15.9 Å². The van der Waals surface area contributed by atoms with E-state index in [0.717, 1.165) is 0 Å². The number of rotatable bonds is 1. The van der Waals surface area contributed by atoms with E-state index < -0.39 is 0 Å². The first-order chi connectivity index (χ1) is 8.25. The number of fused-ring (bicyclic) bond motifs is 1. The summed E-state index contributed by atoms with van der Waals surface area (Å²) in [5.41, 5.74) is 5.40. The summed E-state index contributed by atoms with van der Waals surface area (Å²) in [7, 11) is 0. The van der Waals surface area contributed by atoms with Crippen LogP contribution in [0.5, 0.6) is 0 Å². The van der Waals surface area contributed by atoms with E-state index in [1.807, 2.05) is 0 Å². The lowest BCUT2D eigenvalue weighted by molar-refractivity contribution is 1.04. The second kappa shape index (κ2) is 4.15. The maximum atomic E-state index is 3.71. The van der Waals surface area contributed by atoms with Crippen molar-refractivity contribution in [3.63, 3.8) is 0 Å². The Morgan fingerprint density at radius 1 is 1.00 bits per heavy atom. The summed E-state index contributed by atoms with van der Waals surface area (Å²) in [4.78, 5) is 0. The fourth-order valence-electron chi connectivity index (χ4n) is 2.45. The van der Waals surface area contributed by atoms with Gasteiger partial charge in [0.05, 0.1) is 0 Å². The van der Waals surface area contributed by atoms with Crippen molar-refractivity contribution in [2.45, 2.75) is 12.8 Å². The molecule has 2 aromatic carbocycles. The molecule has 1 aliphatic carbocycles. The van der Waals surface area contributed by atoms with Gasteiger partial charge in [-0.25, -0.2) is 0 Å². The first-order valence-electron chi connectivity index (χ1n) is 5.78. The van der Waals surface area contributed by atoms with Crippen molar-refractivity contribution < 1.29 is 0 Å². The SMILES string of the molecule is Cc1ccc2c(c1)C=C(Br)C2c1ccccc1. The van der Waals surface area contributed by atoms with Crippen molar-refractivity contribution in [2.75, 3.05) is 0 Å². The molecule has 3 rings (SSSR count). The van der Waals surface area contributed by atoms with Gasteiger partial charge in [-0.05, 0) is 29.7 Å². The zero-order valence-corrected chi connectivity index (χ0v) is 11.2. The second-order valence-electron chi connectivity index (χ2n) is 4.51. The summed E-state index contributed by atoms with van der Waals surface area (Å²) >= 11 is 3.71. The van der Waals surface area contributed by atoms with Crippen LogP contribution in [0.2, 0.25) is 0 Å².